The SMILES string of the molecule is CNC(=O)[C@H](Cc1ccccc1)N(Cc1ccc(Cl)cc1Cl)C(=O)CCCN1C(=O)c2ccccc2C1=O. The fraction of sp³-hybridized carbons (Fsp3) is 0.241. The minimum absolute atomic E-state index is 0.0287. The van der Waals surface area contributed by atoms with E-state index in [9.17, 15) is 19.2 Å². The van der Waals surface area contributed by atoms with Crippen LogP contribution < -0.4 is 5.32 Å². The molecule has 0 spiro atoms. The third kappa shape index (κ3) is 6.06. The van der Waals surface area contributed by atoms with Crippen LogP contribution >= 0.6 is 23.2 Å². The average Bonchev–Trinajstić information content (AvgIpc) is 3.16. The molecule has 1 N–H and O–H groups in total. The predicted octanol–water partition coefficient (Wildman–Crippen LogP) is 4.76. The van der Waals surface area contributed by atoms with Crippen LogP contribution in [0.15, 0.2) is 72.8 Å². The first kappa shape index (κ1) is 27.4. The van der Waals surface area contributed by atoms with E-state index >= 15 is 0 Å². The molecule has 0 fully saturated rings. The van der Waals surface area contributed by atoms with Gasteiger partial charge in [-0.2, -0.15) is 0 Å². The van der Waals surface area contributed by atoms with Crippen LogP contribution in [0.25, 0.3) is 0 Å². The number of hydrogen-bond donors (Lipinski definition) is 1. The van der Waals surface area contributed by atoms with Crippen LogP contribution in [0.5, 0.6) is 0 Å². The smallest absolute Gasteiger partial charge is 0.261 e. The molecule has 196 valence electrons. The van der Waals surface area contributed by atoms with Crippen molar-refractivity contribution in [3.8, 4) is 0 Å². The van der Waals surface area contributed by atoms with Gasteiger partial charge in [-0.25, -0.2) is 0 Å². The second kappa shape index (κ2) is 12.2. The van der Waals surface area contributed by atoms with Gasteiger partial charge in [-0.15, -0.1) is 0 Å². The Bertz CT molecular complexity index is 1330. The molecular weight excluding hydrogens is 525 g/mol. The summed E-state index contributed by atoms with van der Waals surface area (Å²) in [4.78, 5) is 54.7. The number of nitrogens with zero attached hydrogens (tertiary/aromatic N) is 2. The van der Waals surface area contributed by atoms with Gasteiger partial charge in [0.2, 0.25) is 11.8 Å². The molecule has 9 heteroatoms. The Morgan fingerprint density at radius 1 is 0.921 bits per heavy atom. The summed E-state index contributed by atoms with van der Waals surface area (Å²) in [5.74, 6) is -1.34. The van der Waals surface area contributed by atoms with Crippen molar-refractivity contribution in [3.63, 3.8) is 0 Å². The summed E-state index contributed by atoms with van der Waals surface area (Å²) < 4.78 is 0. The van der Waals surface area contributed by atoms with Crippen molar-refractivity contribution < 1.29 is 19.2 Å². The van der Waals surface area contributed by atoms with Crippen LogP contribution in [0.2, 0.25) is 10.0 Å². The molecule has 0 bridgehead atoms. The number of carbonyl (C=O) groups excluding carboxylic acids is 4. The van der Waals surface area contributed by atoms with Crippen molar-refractivity contribution >= 4 is 46.8 Å². The lowest BCUT2D eigenvalue weighted by Gasteiger charge is -2.31. The Kier molecular flexibility index (Phi) is 8.81. The van der Waals surface area contributed by atoms with Gasteiger partial charge in [-0.3, -0.25) is 24.1 Å². The number of hydrogen-bond acceptors (Lipinski definition) is 4. The van der Waals surface area contributed by atoms with E-state index in [-0.39, 0.29) is 49.6 Å². The van der Waals surface area contributed by atoms with Crippen LogP contribution in [0.1, 0.15) is 44.7 Å². The summed E-state index contributed by atoms with van der Waals surface area (Å²) in [5.41, 5.74) is 2.27. The summed E-state index contributed by atoms with van der Waals surface area (Å²) in [6.07, 6.45) is 0.581. The van der Waals surface area contributed by atoms with E-state index in [2.05, 4.69) is 5.32 Å². The Morgan fingerprint density at radius 3 is 2.16 bits per heavy atom. The topological polar surface area (TPSA) is 86.8 Å². The zero-order valence-corrected chi connectivity index (χ0v) is 22.3. The van der Waals surface area contributed by atoms with E-state index in [4.69, 9.17) is 23.2 Å². The van der Waals surface area contributed by atoms with Crippen molar-refractivity contribution in [3.05, 3.63) is 105 Å². The van der Waals surface area contributed by atoms with Crippen LogP contribution in [0, 0.1) is 0 Å². The second-order valence-electron chi connectivity index (χ2n) is 8.99. The zero-order valence-electron chi connectivity index (χ0n) is 20.8. The first-order chi connectivity index (χ1) is 18.3. The molecule has 0 saturated carbocycles. The van der Waals surface area contributed by atoms with E-state index in [1.54, 1.807) is 42.5 Å². The molecule has 3 aromatic carbocycles. The minimum atomic E-state index is -0.805. The second-order valence-corrected chi connectivity index (χ2v) is 9.83. The van der Waals surface area contributed by atoms with Crippen molar-refractivity contribution in [2.24, 2.45) is 0 Å². The molecular formula is C29H27Cl2N3O4. The van der Waals surface area contributed by atoms with E-state index in [0.717, 1.165) is 5.56 Å². The molecule has 0 saturated heterocycles. The van der Waals surface area contributed by atoms with Crippen LogP contribution in [0.3, 0.4) is 0 Å². The molecule has 38 heavy (non-hydrogen) atoms. The van der Waals surface area contributed by atoms with Gasteiger partial charge in [0.1, 0.15) is 6.04 Å². The van der Waals surface area contributed by atoms with Crippen molar-refractivity contribution in [1.82, 2.24) is 15.1 Å². The molecule has 0 aliphatic carbocycles. The highest BCUT2D eigenvalue weighted by Gasteiger charge is 2.35. The molecule has 7 nitrogen and oxygen atoms in total. The van der Waals surface area contributed by atoms with Gasteiger partial charge >= 0.3 is 0 Å². The maximum Gasteiger partial charge on any atom is 0.261 e. The highest BCUT2D eigenvalue weighted by molar-refractivity contribution is 6.35. The molecule has 0 aromatic heterocycles. The summed E-state index contributed by atoms with van der Waals surface area (Å²) in [6, 6.07) is 20.3. The van der Waals surface area contributed by atoms with E-state index in [1.807, 2.05) is 30.3 Å². The zero-order chi connectivity index (χ0) is 27.2. The van der Waals surface area contributed by atoms with Crippen molar-refractivity contribution in [1.29, 1.82) is 0 Å². The number of benzene rings is 3. The van der Waals surface area contributed by atoms with Gasteiger partial charge < -0.3 is 10.2 Å². The monoisotopic (exact) mass is 551 g/mol. The largest absolute Gasteiger partial charge is 0.357 e. The molecule has 4 rings (SSSR count). The number of nitrogens with one attached hydrogen (secondary N) is 1. The Labute approximate surface area is 231 Å². The Hall–Kier alpha value is -3.68. The molecule has 1 atom stereocenters. The molecule has 1 aliphatic rings. The first-order valence-corrected chi connectivity index (χ1v) is 13.0. The van der Waals surface area contributed by atoms with Gasteiger partial charge in [0.05, 0.1) is 11.1 Å². The number of amides is 4. The third-order valence-corrected chi connectivity index (χ3v) is 7.11. The molecule has 1 aliphatic heterocycles. The number of halogens is 2. The minimum Gasteiger partial charge on any atom is -0.357 e. The van der Waals surface area contributed by atoms with Crippen LogP contribution in [-0.2, 0) is 22.6 Å². The van der Waals surface area contributed by atoms with Crippen molar-refractivity contribution in [2.45, 2.75) is 31.8 Å². The Morgan fingerprint density at radius 2 is 1.55 bits per heavy atom. The normalized spacial score (nSPS) is 13.3. The van der Waals surface area contributed by atoms with Crippen LogP contribution in [-0.4, -0.2) is 53.1 Å². The average molecular weight is 552 g/mol. The molecule has 0 radical (unpaired) electrons. The first-order valence-electron chi connectivity index (χ1n) is 12.2. The summed E-state index contributed by atoms with van der Waals surface area (Å²) >= 11 is 12.5. The molecule has 1 heterocycles. The van der Waals surface area contributed by atoms with Gasteiger partial charge in [0.15, 0.2) is 0 Å². The van der Waals surface area contributed by atoms with Gasteiger partial charge in [-0.05, 0) is 41.8 Å². The standard InChI is InChI=1S/C29H27Cl2N3O4/c1-32-27(36)25(16-19-8-3-2-4-9-19)34(18-20-13-14-21(30)17-24(20)31)26(35)12-7-15-33-28(37)22-10-5-6-11-23(22)29(33)38/h2-6,8-11,13-14,17,25H,7,12,15-16,18H2,1H3,(H,32,36)/t25-/m0/s1. The number of imide groups is 1. The molecule has 4 amide bonds. The lowest BCUT2D eigenvalue weighted by atomic mass is 10.0. The fourth-order valence-corrected chi connectivity index (χ4v) is 5.00. The van der Waals surface area contributed by atoms with E-state index < -0.39 is 6.04 Å². The van der Waals surface area contributed by atoms with Gasteiger partial charge in [0, 0.05) is 43.0 Å². The van der Waals surface area contributed by atoms with Gasteiger partial charge in [-0.1, -0.05) is 71.7 Å². The molecule has 0 unspecified atom stereocenters. The maximum absolute atomic E-state index is 13.6. The summed E-state index contributed by atoms with van der Waals surface area (Å²) in [7, 11) is 1.53. The molecule has 3 aromatic rings. The van der Waals surface area contributed by atoms with E-state index in [0.29, 0.717) is 33.2 Å². The fourth-order valence-electron chi connectivity index (χ4n) is 4.53. The Balaban J connectivity index is 1.54. The van der Waals surface area contributed by atoms with E-state index in [1.165, 1.54) is 16.8 Å². The van der Waals surface area contributed by atoms with Crippen LogP contribution in [0.4, 0.5) is 0 Å². The summed E-state index contributed by atoms with van der Waals surface area (Å²) in [5, 5.41) is 3.52. The number of rotatable bonds is 10. The number of likely N-dealkylation sites (N-methyl/N-ethyl adjacent to an activating group) is 1. The third-order valence-electron chi connectivity index (χ3n) is 6.52. The van der Waals surface area contributed by atoms with Gasteiger partial charge in [0.25, 0.3) is 11.8 Å². The summed E-state index contributed by atoms with van der Waals surface area (Å²) in [6.45, 7) is 0.184. The quantitative estimate of drug-likeness (QED) is 0.368. The predicted molar refractivity (Wildman–Crippen MR) is 146 cm³/mol. The highest BCUT2D eigenvalue weighted by Crippen LogP contribution is 2.26. The maximum atomic E-state index is 13.6. The number of carbonyl (C=O) groups is 4. The highest BCUT2D eigenvalue weighted by atomic mass is 35.5. The lowest BCUT2D eigenvalue weighted by Crippen LogP contribution is -2.49. The van der Waals surface area contributed by atoms with Crippen molar-refractivity contribution in [2.75, 3.05) is 13.6 Å². The number of fused-ring (bicyclic) bond motifs is 1. The lowest BCUT2D eigenvalue weighted by molar-refractivity contribution is -0.141.